The zero-order valence-corrected chi connectivity index (χ0v) is 10.9. The fraction of sp³-hybridized carbons (Fsp3) is 0.750. The fourth-order valence-corrected chi connectivity index (χ4v) is 1.72. The van der Waals surface area contributed by atoms with Crippen molar-refractivity contribution in [2.24, 2.45) is 0 Å². The van der Waals surface area contributed by atoms with Gasteiger partial charge in [0.15, 0.2) is 0 Å². The smallest absolute Gasteiger partial charge is 0.229 e. The van der Waals surface area contributed by atoms with Crippen LogP contribution < -0.4 is 5.32 Å². The Morgan fingerprint density at radius 3 is 2.39 bits per heavy atom. The second kappa shape index (κ2) is 5.95. The highest BCUT2D eigenvalue weighted by Crippen LogP contribution is 2.12. The molecule has 6 nitrogen and oxygen atoms in total. The van der Waals surface area contributed by atoms with Crippen molar-refractivity contribution in [3.63, 3.8) is 0 Å². The predicted octanol–water partition coefficient (Wildman–Crippen LogP) is -0.197. The van der Waals surface area contributed by atoms with E-state index in [9.17, 15) is 14.4 Å². The van der Waals surface area contributed by atoms with Crippen LogP contribution in [0.2, 0.25) is 0 Å². The molecule has 1 saturated heterocycles. The highest BCUT2D eigenvalue weighted by Gasteiger charge is 2.29. The molecule has 1 aliphatic heterocycles. The van der Waals surface area contributed by atoms with E-state index in [1.165, 1.54) is 0 Å². The van der Waals surface area contributed by atoms with Crippen LogP contribution in [0, 0.1) is 0 Å². The molecule has 1 aliphatic rings. The summed E-state index contributed by atoms with van der Waals surface area (Å²) in [6.07, 6.45) is 1.16. The van der Waals surface area contributed by atoms with E-state index in [0.29, 0.717) is 6.42 Å². The number of amides is 3. The number of carbonyl (C=O) groups is 3. The Balaban J connectivity index is 2.42. The molecule has 2 N–H and O–H groups in total. The van der Waals surface area contributed by atoms with Crippen LogP contribution in [-0.2, 0) is 14.4 Å². The first-order chi connectivity index (χ1) is 8.41. The lowest BCUT2D eigenvalue weighted by Crippen LogP contribution is -2.49. The SMILES string of the molecule is CCC(C)(CO)NC(=O)CCN1C(=O)CCC1=O. The average Bonchev–Trinajstić information content (AvgIpc) is 2.66. The molecule has 1 heterocycles. The molecule has 18 heavy (non-hydrogen) atoms. The van der Waals surface area contributed by atoms with Crippen molar-refractivity contribution in [3.05, 3.63) is 0 Å². The van der Waals surface area contributed by atoms with Crippen LogP contribution in [0.5, 0.6) is 0 Å². The summed E-state index contributed by atoms with van der Waals surface area (Å²) in [5, 5.41) is 11.9. The quantitative estimate of drug-likeness (QED) is 0.644. The van der Waals surface area contributed by atoms with Gasteiger partial charge < -0.3 is 10.4 Å². The Kier molecular flexibility index (Phi) is 4.84. The van der Waals surface area contributed by atoms with E-state index in [0.717, 1.165) is 4.90 Å². The molecule has 0 aromatic carbocycles. The molecule has 3 amide bonds. The number of hydrogen-bond donors (Lipinski definition) is 2. The van der Waals surface area contributed by atoms with Crippen LogP contribution in [0.25, 0.3) is 0 Å². The number of nitrogens with zero attached hydrogens (tertiary/aromatic N) is 1. The summed E-state index contributed by atoms with van der Waals surface area (Å²) in [6.45, 7) is 3.59. The van der Waals surface area contributed by atoms with Gasteiger partial charge in [-0.2, -0.15) is 0 Å². The van der Waals surface area contributed by atoms with Crippen molar-refractivity contribution in [2.45, 2.75) is 45.1 Å². The maximum absolute atomic E-state index is 11.7. The standard InChI is InChI=1S/C12H20N2O4/c1-3-12(2,8-15)13-9(16)6-7-14-10(17)4-5-11(14)18/h15H,3-8H2,1-2H3,(H,13,16). The number of aliphatic hydroxyl groups excluding tert-OH is 1. The molecule has 1 rings (SSSR count). The Morgan fingerprint density at radius 1 is 1.39 bits per heavy atom. The van der Waals surface area contributed by atoms with Gasteiger partial charge in [-0.15, -0.1) is 0 Å². The molecule has 0 bridgehead atoms. The highest BCUT2D eigenvalue weighted by molar-refractivity contribution is 6.02. The molecule has 0 aliphatic carbocycles. The number of hydrogen-bond acceptors (Lipinski definition) is 4. The summed E-state index contributed by atoms with van der Waals surface area (Å²) >= 11 is 0. The number of aliphatic hydroxyl groups is 1. The zero-order chi connectivity index (χ0) is 13.8. The Morgan fingerprint density at radius 2 is 1.94 bits per heavy atom. The predicted molar refractivity (Wildman–Crippen MR) is 64.5 cm³/mol. The third kappa shape index (κ3) is 3.53. The number of likely N-dealkylation sites (tertiary alicyclic amines) is 1. The van der Waals surface area contributed by atoms with Gasteiger partial charge in [-0.3, -0.25) is 19.3 Å². The van der Waals surface area contributed by atoms with Crippen molar-refractivity contribution >= 4 is 17.7 Å². The molecule has 0 aromatic rings. The molecule has 0 aromatic heterocycles. The minimum absolute atomic E-state index is 0.0765. The molecule has 1 fully saturated rings. The summed E-state index contributed by atoms with van der Waals surface area (Å²) in [4.78, 5) is 35.5. The van der Waals surface area contributed by atoms with Gasteiger partial charge in [0.1, 0.15) is 0 Å². The maximum atomic E-state index is 11.7. The van der Waals surface area contributed by atoms with Gasteiger partial charge in [-0.1, -0.05) is 6.92 Å². The van der Waals surface area contributed by atoms with Crippen LogP contribution in [0.1, 0.15) is 39.5 Å². The average molecular weight is 256 g/mol. The summed E-state index contributed by atoms with van der Waals surface area (Å²) < 4.78 is 0. The van der Waals surface area contributed by atoms with E-state index < -0.39 is 5.54 Å². The van der Waals surface area contributed by atoms with Gasteiger partial charge in [-0.25, -0.2) is 0 Å². The van der Waals surface area contributed by atoms with Crippen LogP contribution in [0.15, 0.2) is 0 Å². The highest BCUT2D eigenvalue weighted by atomic mass is 16.3. The molecule has 0 saturated carbocycles. The van der Waals surface area contributed by atoms with Crippen LogP contribution in [0.4, 0.5) is 0 Å². The van der Waals surface area contributed by atoms with Gasteiger partial charge in [0.25, 0.3) is 0 Å². The van der Waals surface area contributed by atoms with Crippen molar-refractivity contribution in [1.29, 1.82) is 0 Å². The summed E-state index contributed by atoms with van der Waals surface area (Å²) in [5.74, 6) is -0.692. The lowest BCUT2D eigenvalue weighted by Gasteiger charge is -2.27. The maximum Gasteiger partial charge on any atom is 0.229 e. The normalized spacial score (nSPS) is 18.9. The van der Waals surface area contributed by atoms with Crippen LogP contribution >= 0.6 is 0 Å². The molecule has 0 spiro atoms. The van der Waals surface area contributed by atoms with Crippen molar-refractivity contribution in [2.75, 3.05) is 13.2 Å². The van der Waals surface area contributed by atoms with Gasteiger partial charge in [0, 0.05) is 25.8 Å². The van der Waals surface area contributed by atoms with Crippen molar-refractivity contribution in [1.82, 2.24) is 10.2 Å². The van der Waals surface area contributed by atoms with E-state index in [-0.39, 0.29) is 50.1 Å². The number of imide groups is 1. The van der Waals surface area contributed by atoms with E-state index in [4.69, 9.17) is 5.11 Å². The Labute approximate surface area is 106 Å². The zero-order valence-electron chi connectivity index (χ0n) is 10.9. The van der Waals surface area contributed by atoms with Crippen molar-refractivity contribution < 1.29 is 19.5 Å². The number of nitrogens with one attached hydrogen (secondary N) is 1. The van der Waals surface area contributed by atoms with E-state index in [2.05, 4.69) is 5.32 Å². The largest absolute Gasteiger partial charge is 0.394 e. The van der Waals surface area contributed by atoms with Gasteiger partial charge >= 0.3 is 0 Å². The number of carbonyl (C=O) groups excluding carboxylic acids is 3. The van der Waals surface area contributed by atoms with E-state index >= 15 is 0 Å². The molecule has 1 unspecified atom stereocenters. The van der Waals surface area contributed by atoms with Gasteiger partial charge in [0.05, 0.1) is 12.1 Å². The first kappa shape index (κ1) is 14.6. The molecule has 1 atom stereocenters. The topological polar surface area (TPSA) is 86.7 Å². The monoisotopic (exact) mass is 256 g/mol. The molecule has 6 heteroatoms. The molecule has 0 radical (unpaired) electrons. The molecule has 102 valence electrons. The Hall–Kier alpha value is -1.43. The summed E-state index contributed by atoms with van der Waals surface area (Å²) in [6, 6.07) is 0. The number of rotatable bonds is 6. The van der Waals surface area contributed by atoms with E-state index in [1.54, 1.807) is 6.92 Å². The fourth-order valence-electron chi connectivity index (χ4n) is 1.72. The molecular formula is C12H20N2O4. The third-order valence-electron chi connectivity index (χ3n) is 3.29. The lowest BCUT2D eigenvalue weighted by molar-refractivity contribution is -0.138. The van der Waals surface area contributed by atoms with Gasteiger partial charge in [0.2, 0.25) is 17.7 Å². The van der Waals surface area contributed by atoms with Gasteiger partial charge in [-0.05, 0) is 13.3 Å². The first-order valence-electron chi connectivity index (χ1n) is 6.17. The summed E-state index contributed by atoms with van der Waals surface area (Å²) in [5.41, 5.74) is -0.643. The minimum atomic E-state index is -0.643. The Bertz CT molecular complexity index is 334. The second-order valence-corrected chi connectivity index (χ2v) is 4.81. The summed E-state index contributed by atoms with van der Waals surface area (Å²) in [7, 11) is 0. The van der Waals surface area contributed by atoms with Crippen molar-refractivity contribution in [3.8, 4) is 0 Å². The first-order valence-corrected chi connectivity index (χ1v) is 6.17. The van der Waals surface area contributed by atoms with Crippen LogP contribution in [0.3, 0.4) is 0 Å². The van der Waals surface area contributed by atoms with E-state index in [1.807, 2.05) is 6.92 Å². The molecular weight excluding hydrogens is 236 g/mol. The van der Waals surface area contributed by atoms with Crippen LogP contribution in [-0.4, -0.2) is 46.4 Å². The lowest BCUT2D eigenvalue weighted by atomic mass is 10.00. The minimum Gasteiger partial charge on any atom is -0.394 e. The second-order valence-electron chi connectivity index (χ2n) is 4.81. The third-order valence-corrected chi connectivity index (χ3v) is 3.29.